The van der Waals surface area contributed by atoms with Crippen molar-refractivity contribution in [3.05, 3.63) is 81.2 Å². The normalized spacial score (nSPS) is 17.9. The molecule has 1 atom stereocenters. The summed E-state index contributed by atoms with van der Waals surface area (Å²) in [6.07, 6.45) is 1.59. The first-order chi connectivity index (χ1) is 15.9. The number of ketones is 1. The summed E-state index contributed by atoms with van der Waals surface area (Å²) in [6, 6.07) is 11.7. The maximum atomic E-state index is 14.0. The van der Waals surface area contributed by atoms with Gasteiger partial charge in [-0.05, 0) is 37.1 Å². The largest absolute Gasteiger partial charge is 0.490 e. The van der Waals surface area contributed by atoms with Crippen LogP contribution in [0.1, 0.15) is 43.2 Å². The highest BCUT2D eigenvalue weighted by atomic mass is 35.5. The Hall–Kier alpha value is -3.50. The third-order valence-corrected chi connectivity index (χ3v) is 5.88. The van der Waals surface area contributed by atoms with Gasteiger partial charge in [0.15, 0.2) is 17.3 Å². The molecule has 8 heteroatoms. The third kappa shape index (κ3) is 4.39. The lowest BCUT2D eigenvalue weighted by Gasteiger charge is -2.31. The number of ether oxygens (including phenoxy) is 3. The first-order valence-corrected chi connectivity index (χ1v) is 11.0. The van der Waals surface area contributed by atoms with Crippen molar-refractivity contribution in [3.8, 4) is 17.6 Å². The molecule has 33 heavy (non-hydrogen) atoms. The van der Waals surface area contributed by atoms with Crippen molar-refractivity contribution in [1.29, 1.82) is 5.26 Å². The Morgan fingerprint density at radius 1 is 1.27 bits per heavy atom. The van der Waals surface area contributed by atoms with Crippen molar-refractivity contribution in [2.45, 2.75) is 38.7 Å². The lowest BCUT2D eigenvalue weighted by molar-refractivity contribution is -0.116. The number of hydrogen-bond donors (Lipinski definition) is 1. The predicted molar refractivity (Wildman–Crippen MR) is 120 cm³/mol. The van der Waals surface area contributed by atoms with Crippen molar-refractivity contribution in [1.82, 2.24) is 0 Å². The summed E-state index contributed by atoms with van der Waals surface area (Å²) in [5.74, 6) is -0.160. The molecule has 170 valence electrons. The van der Waals surface area contributed by atoms with E-state index in [2.05, 4.69) is 6.07 Å². The van der Waals surface area contributed by atoms with Crippen molar-refractivity contribution >= 4 is 17.4 Å². The molecule has 2 N–H and O–H groups in total. The molecule has 1 heterocycles. The number of Topliss-reactive ketones (excluding diaryl/α,β-unsaturated/α-hetero) is 1. The Balaban J connectivity index is 1.77. The maximum Gasteiger partial charge on any atom is 0.205 e. The van der Waals surface area contributed by atoms with Crippen molar-refractivity contribution < 1.29 is 23.4 Å². The fourth-order valence-electron chi connectivity index (χ4n) is 4.11. The zero-order valence-corrected chi connectivity index (χ0v) is 18.7. The number of halogens is 2. The summed E-state index contributed by atoms with van der Waals surface area (Å²) in [6.45, 7) is 2.08. The quantitative estimate of drug-likeness (QED) is 0.620. The highest BCUT2D eigenvalue weighted by molar-refractivity contribution is 6.32. The van der Waals surface area contributed by atoms with Crippen LogP contribution in [-0.2, 0) is 16.1 Å². The van der Waals surface area contributed by atoms with Crippen LogP contribution in [0.5, 0.6) is 11.5 Å². The number of carbonyl (C=O) groups is 1. The second-order valence-electron chi connectivity index (χ2n) is 7.68. The molecule has 0 saturated heterocycles. The molecule has 2 aromatic carbocycles. The van der Waals surface area contributed by atoms with E-state index in [1.54, 1.807) is 37.3 Å². The van der Waals surface area contributed by atoms with E-state index in [1.165, 1.54) is 6.07 Å². The van der Waals surface area contributed by atoms with Gasteiger partial charge < -0.3 is 19.9 Å². The van der Waals surface area contributed by atoms with Gasteiger partial charge in [-0.2, -0.15) is 5.26 Å². The number of nitrogens with two attached hydrogens (primary N) is 1. The van der Waals surface area contributed by atoms with Crippen LogP contribution in [-0.4, -0.2) is 12.4 Å². The van der Waals surface area contributed by atoms with Crippen LogP contribution in [0.25, 0.3) is 0 Å². The van der Waals surface area contributed by atoms with Crippen LogP contribution >= 0.6 is 11.6 Å². The van der Waals surface area contributed by atoms with E-state index in [0.717, 1.165) is 0 Å². The topological polar surface area (TPSA) is 94.6 Å². The molecular weight excluding hydrogens is 447 g/mol. The molecule has 1 aliphatic heterocycles. The van der Waals surface area contributed by atoms with Gasteiger partial charge in [0.2, 0.25) is 5.88 Å². The van der Waals surface area contributed by atoms with Gasteiger partial charge in [-0.25, -0.2) is 4.39 Å². The summed E-state index contributed by atoms with van der Waals surface area (Å²) in [5, 5.41) is 9.98. The lowest BCUT2D eigenvalue weighted by Crippen LogP contribution is -2.27. The molecule has 0 amide bonds. The van der Waals surface area contributed by atoms with Crippen LogP contribution in [0.15, 0.2) is 59.2 Å². The van der Waals surface area contributed by atoms with Crippen molar-refractivity contribution in [2.75, 3.05) is 6.61 Å². The molecule has 0 radical (unpaired) electrons. The SMILES string of the molecule is CCOc1cc([C@H]2C(C#N)=C(N)OC3=C2C(=O)CCC3)cc(Cl)c1OCc1ccccc1F. The molecular formula is C25H22ClFN2O4. The maximum absolute atomic E-state index is 14.0. The van der Waals surface area contributed by atoms with Gasteiger partial charge in [0, 0.05) is 24.0 Å². The molecule has 0 saturated carbocycles. The Labute approximate surface area is 196 Å². The lowest BCUT2D eigenvalue weighted by atomic mass is 9.77. The van der Waals surface area contributed by atoms with E-state index in [9.17, 15) is 14.4 Å². The minimum absolute atomic E-state index is 0.0232. The minimum atomic E-state index is -0.719. The molecule has 0 fully saturated rings. The van der Waals surface area contributed by atoms with Gasteiger partial charge in [-0.1, -0.05) is 29.8 Å². The zero-order valence-electron chi connectivity index (χ0n) is 18.0. The average Bonchev–Trinajstić information content (AvgIpc) is 2.79. The summed E-state index contributed by atoms with van der Waals surface area (Å²) in [4.78, 5) is 12.8. The fraction of sp³-hybridized carbons (Fsp3) is 0.280. The van der Waals surface area contributed by atoms with E-state index < -0.39 is 5.92 Å². The molecule has 0 spiro atoms. The molecule has 0 bridgehead atoms. The standard InChI is InChI=1S/C25H22ClFN2O4/c1-2-31-21-11-15(10-17(26)24(21)32-13-14-6-3-4-7-18(14)27)22-16(12-28)25(29)33-20-9-5-8-19(30)23(20)22/h3-4,6-7,10-11,22H,2,5,8-9,13,29H2,1H3/t22-/m0/s1. The molecule has 2 aliphatic rings. The summed E-state index contributed by atoms with van der Waals surface area (Å²) in [5.41, 5.74) is 7.52. The van der Waals surface area contributed by atoms with E-state index in [1.807, 2.05) is 0 Å². The number of nitriles is 1. The zero-order chi connectivity index (χ0) is 23.5. The number of nitrogens with zero attached hydrogens (tertiary/aromatic N) is 1. The predicted octanol–water partition coefficient (Wildman–Crippen LogP) is 5.27. The van der Waals surface area contributed by atoms with E-state index in [4.69, 9.17) is 31.5 Å². The molecule has 4 rings (SSSR count). The summed E-state index contributed by atoms with van der Waals surface area (Å²) in [7, 11) is 0. The molecule has 0 unspecified atom stereocenters. The Kier molecular flexibility index (Phi) is 6.57. The van der Waals surface area contributed by atoms with Gasteiger partial charge in [0.25, 0.3) is 0 Å². The van der Waals surface area contributed by atoms with Crippen molar-refractivity contribution in [2.24, 2.45) is 5.73 Å². The molecule has 6 nitrogen and oxygen atoms in total. The highest BCUT2D eigenvalue weighted by Crippen LogP contribution is 2.47. The summed E-state index contributed by atoms with van der Waals surface area (Å²) < 4.78 is 31.2. The van der Waals surface area contributed by atoms with Crippen LogP contribution < -0.4 is 15.2 Å². The van der Waals surface area contributed by atoms with E-state index in [0.29, 0.717) is 54.1 Å². The molecule has 2 aromatic rings. The average molecular weight is 469 g/mol. The van der Waals surface area contributed by atoms with Crippen LogP contribution in [0.4, 0.5) is 4.39 Å². The van der Waals surface area contributed by atoms with Crippen molar-refractivity contribution in [3.63, 3.8) is 0 Å². The second-order valence-corrected chi connectivity index (χ2v) is 8.09. The monoisotopic (exact) mass is 468 g/mol. The van der Waals surface area contributed by atoms with Gasteiger partial charge >= 0.3 is 0 Å². The second kappa shape index (κ2) is 9.55. The fourth-order valence-corrected chi connectivity index (χ4v) is 4.39. The van der Waals surface area contributed by atoms with Gasteiger partial charge in [0.05, 0.1) is 17.5 Å². The highest BCUT2D eigenvalue weighted by Gasteiger charge is 2.38. The first-order valence-electron chi connectivity index (χ1n) is 10.6. The smallest absolute Gasteiger partial charge is 0.205 e. The molecule has 0 aromatic heterocycles. The van der Waals surface area contributed by atoms with Crippen LogP contribution in [0, 0.1) is 17.1 Å². The first kappa shape index (κ1) is 22.7. The number of hydrogen-bond acceptors (Lipinski definition) is 6. The van der Waals surface area contributed by atoms with Gasteiger partial charge in [-0.3, -0.25) is 4.79 Å². The van der Waals surface area contributed by atoms with E-state index in [-0.39, 0.29) is 40.4 Å². The van der Waals surface area contributed by atoms with Crippen LogP contribution in [0.2, 0.25) is 5.02 Å². The number of allylic oxidation sites excluding steroid dienone is 3. The number of benzene rings is 2. The Morgan fingerprint density at radius 2 is 2.06 bits per heavy atom. The third-order valence-electron chi connectivity index (χ3n) is 5.60. The minimum Gasteiger partial charge on any atom is -0.490 e. The Morgan fingerprint density at radius 3 is 2.79 bits per heavy atom. The van der Waals surface area contributed by atoms with Crippen LogP contribution in [0.3, 0.4) is 0 Å². The Bertz CT molecular complexity index is 1220. The van der Waals surface area contributed by atoms with Gasteiger partial charge in [-0.15, -0.1) is 0 Å². The van der Waals surface area contributed by atoms with E-state index >= 15 is 0 Å². The number of rotatable bonds is 6. The molecule has 1 aliphatic carbocycles. The number of carbonyl (C=O) groups excluding carboxylic acids is 1. The summed E-state index contributed by atoms with van der Waals surface area (Å²) >= 11 is 6.57. The van der Waals surface area contributed by atoms with Gasteiger partial charge in [0.1, 0.15) is 29.8 Å².